The number of aromatic amines is 1. The van der Waals surface area contributed by atoms with Crippen LogP contribution in [0.15, 0.2) is 42.7 Å². The fraction of sp³-hybridized carbons (Fsp3) is 0.462. The van der Waals surface area contributed by atoms with Crippen molar-refractivity contribution in [3.8, 4) is 11.4 Å². The first-order chi connectivity index (χ1) is 16.1. The van der Waals surface area contributed by atoms with E-state index in [0.29, 0.717) is 17.9 Å². The van der Waals surface area contributed by atoms with Gasteiger partial charge >= 0.3 is 0 Å². The highest BCUT2D eigenvalue weighted by Gasteiger charge is 2.48. The Bertz CT molecular complexity index is 1160. The Balaban J connectivity index is 1.05. The van der Waals surface area contributed by atoms with E-state index in [0.717, 1.165) is 68.2 Å². The van der Waals surface area contributed by atoms with Crippen LogP contribution >= 0.6 is 0 Å². The van der Waals surface area contributed by atoms with E-state index in [1.165, 1.54) is 17.5 Å². The Morgan fingerprint density at radius 3 is 2.67 bits per heavy atom. The zero-order valence-electron chi connectivity index (χ0n) is 19.1. The second kappa shape index (κ2) is 8.06. The minimum absolute atomic E-state index is 0.215. The Labute approximate surface area is 194 Å². The monoisotopic (exact) mass is 442 g/mol. The number of benzene rings is 1. The molecule has 4 heterocycles. The maximum Gasteiger partial charge on any atom is 0.228 e. The lowest BCUT2D eigenvalue weighted by molar-refractivity contribution is -0.136. The largest absolute Gasteiger partial charge is 0.342 e. The molecule has 1 aromatic carbocycles. The Morgan fingerprint density at radius 2 is 1.94 bits per heavy atom. The van der Waals surface area contributed by atoms with E-state index in [2.05, 4.69) is 43.3 Å². The number of aromatic nitrogens is 4. The first-order valence-electron chi connectivity index (χ1n) is 12.0. The van der Waals surface area contributed by atoms with Crippen LogP contribution in [0.1, 0.15) is 47.8 Å². The van der Waals surface area contributed by atoms with Crippen molar-refractivity contribution in [2.45, 2.75) is 45.1 Å². The highest BCUT2D eigenvalue weighted by molar-refractivity contribution is 5.78. The van der Waals surface area contributed by atoms with Crippen LogP contribution in [0, 0.1) is 12.3 Å². The molecule has 1 amide bonds. The molecule has 2 aliphatic heterocycles. The van der Waals surface area contributed by atoms with Gasteiger partial charge in [-0.05, 0) is 67.3 Å². The fourth-order valence-electron chi connectivity index (χ4n) is 5.99. The Hall–Kier alpha value is -3.06. The number of fused-ring (bicyclic) bond motifs is 1. The van der Waals surface area contributed by atoms with Crippen LogP contribution < -0.4 is 0 Å². The van der Waals surface area contributed by atoms with Crippen molar-refractivity contribution in [2.75, 3.05) is 26.2 Å². The number of carbonyl (C=O) groups excluding carboxylic acids is 1. The second-order valence-electron chi connectivity index (χ2n) is 10.0. The van der Waals surface area contributed by atoms with Crippen LogP contribution in [0.4, 0.5) is 0 Å². The Morgan fingerprint density at radius 1 is 1.15 bits per heavy atom. The van der Waals surface area contributed by atoms with Gasteiger partial charge in [0.2, 0.25) is 5.91 Å². The average molecular weight is 443 g/mol. The SMILES string of the molecule is Cc1cc(CC(=O)N2CCC3(CC2)CN(C2CCc4cc(-c5ncccn5)ccc42)C3)[nH]n1. The molecule has 2 saturated heterocycles. The molecule has 6 rings (SSSR count). The first-order valence-corrected chi connectivity index (χ1v) is 12.0. The molecule has 1 unspecified atom stereocenters. The van der Waals surface area contributed by atoms with Gasteiger partial charge in [0.05, 0.1) is 12.1 Å². The van der Waals surface area contributed by atoms with Crippen LogP contribution in [-0.4, -0.2) is 62.1 Å². The van der Waals surface area contributed by atoms with Crippen LogP contribution in [0.5, 0.6) is 0 Å². The van der Waals surface area contributed by atoms with Crippen LogP contribution in [0.3, 0.4) is 0 Å². The Kier molecular flexibility index (Phi) is 5.02. The van der Waals surface area contributed by atoms with Crippen molar-refractivity contribution in [1.29, 1.82) is 0 Å². The van der Waals surface area contributed by atoms with Gasteiger partial charge in [-0.3, -0.25) is 14.8 Å². The zero-order valence-corrected chi connectivity index (χ0v) is 19.1. The van der Waals surface area contributed by atoms with Gasteiger partial charge in [0.15, 0.2) is 5.82 Å². The molecule has 1 atom stereocenters. The maximum absolute atomic E-state index is 12.7. The summed E-state index contributed by atoms with van der Waals surface area (Å²) in [6, 6.07) is 11.1. The number of H-pyrrole nitrogens is 1. The smallest absolute Gasteiger partial charge is 0.228 e. The van der Waals surface area contributed by atoms with E-state index >= 15 is 0 Å². The van der Waals surface area contributed by atoms with Gasteiger partial charge in [-0.2, -0.15) is 5.10 Å². The highest BCUT2D eigenvalue weighted by Crippen LogP contribution is 2.48. The van der Waals surface area contributed by atoms with E-state index in [1.807, 2.05) is 24.0 Å². The summed E-state index contributed by atoms with van der Waals surface area (Å²) < 4.78 is 0. The van der Waals surface area contributed by atoms with Crippen molar-refractivity contribution in [3.63, 3.8) is 0 Å². The van der Waals surface area contributed by atoms with Gasteiger partial charge in [0.25, 0.3) is 0 Å². The molecule has 33 heavy (non-hydrogen) atoms. The molecule has 0 radical (unpaired) electrons. The predicted molar refractivity (Wildman–Crippen MR) is 125 cm³/mol. The van der Waals surface area contributed by atoms with Crippen LogP contribution in [0.2, 0.25) is 0 Å². The van der Waals surface area contributed by atoms with Gasteiger partial charge in [0, 0.05) is 55.9 Å². The summed E-state index contributed by atoms with van der Waals surface area (Å²) >= 11 is 0. The van der Waals surface area contributed by atoms with Gasteiger partial charge < -0.3 is 4.90 Å². The molecule has 0 bridgehead atoms. The third-order valence-corrected chi connectivity index (χ3v) is 7.81. The van der Waals surface area contributed by atoms with Crippen molar-refractivity contribution in [2.24, 2.45) is 5.41 Å². The maximum atomic E-state index is 12.7. The van der Waals surface area contributed by atoms with Crippen LogP contribution in [0.25, 0.3) is 11.4 Å². The number of hydrogen-bond donors (Lipinski definition) is 1. The molecule has 1 N–H and O–H groups in total. The summed E-state index contributed by atoms with van der Waals surface area (Å²) in [5, 5.41) is 7.10. The molecule has 1 aliphatic carbocycles. The summed E-state index contributed by atoms with van der Waals surface area (Å²) in [7, 11) is 0. The molecular formula is C26H30N6O. The quantitative estimate of drug-likeness (QED) is 0.671. The standard InChI is InChI=1S/C26H30N6O/c1-18-13-21(30-29-18)15-24(33)31-11-7-26(8-12-31)16-32(17-26)23-6-4-19-14-20(3-5-22(19)23)25-27-9-2-10-28-25/h2-3,5,9-10,13-14,23H,4,6-8,11-12,15-17H2,1H3,(H,29,30). The minimum atomic E-state index is 0.215. The van der Waals surface area contributed by atoms with Crippen LogP contribution in [-0.2, 0) is 17.6 Å². The predicted octanol–water partition coefficient (Wildman–Crippen LogP) is 3.33. The fourth-order valence-corrected chi connectivity index (χ4v) is 5.99. The van der Waals surface area contributed by atoms with Gasteiger partial charge in [-0.25, -0.2) is 9.97 Å². The summed E-state index contributed by atoms with van der Waals surface area (Å²) in [5.41, 5.74) is 6.27. The third-order valence-electron chi connectivity index (χ3n) is 7.81. The van der Waals surface area contributed by atoms with E-state index in [4.69, 9.17) is 0 Å². The van der Waals surface area contributed by atoms with Crippen molar-refractivity contribution < 1.29 is 4.79 Å². The third kappa shape index (κ3) is 3.84. The normalized spacial score (nSPS) is 21.7. The van der Waals surface area contributed by atoms with Gasteiger partial charge in [0.1, 0.15) is 0 Å². The number of nitrogens with one attached hydrogen (secondary N) is 1. The molecule has 2 fully saturated rings. The lowest BCUT2D eigenvalue weighted by Crippen LogP contribution is -2.61. The molecule has 1 spiro atoms. The highest BCUT2D eigenvalue weighted by atomic mass is 16.2. The number of amides is 1. The summed E-state index contributed by atoms with van der Waals surface area (Å²) in [4.78, 5) is 26.2. The summed E-state index contributed by atoms with van der Waals surface area (Å²) in [6.45, 7) is 6.00. The van der Waals surface area contributed by atoms with Crippen molar-refractivity contribution in [3.05, 3.63) is 65.2 Å². The number of rotatable bonds is 4. The molecule has 170 valence electrons. The second-order valence-corrected chi connectivity index (χ2v) is 10.0. The number of aryl methyl sites for hydroxylation is 2. The molecule has 0 saturated carbocycles. The zero-order chi connectivity index (χ0) is 22.4. The molecule has 3 aliphatic rings. The number of nitrogens with zero attached hydrogens (tertiary/aromatic N) is 5. The minimum Gasteiger partial charge on any atom is -0.342 e. The van der Waals surface area contributed by atoms with E-state index < -0.39 is 0 Å². The molecule has 3 aromatic rings. The molecule has 7 nitrogen and oxygen atoms in total. The average Bonchev–Trinajstić information content (AvgIpc) is 3.43. The summed E-state index contributed by atoms with van der Waals surface area (Å²) in [5.74, 6) is 1.02. The van der Waals surface area contributed by atoms with Gasteiger partial charge in [-0.15, -0.1) is 0 Å². The van der Waals surface area contributed by atoms with E-state index in [1.54, 1.807) is 12.4 Å². The topological polar surface area (TPSA) is 78.0 Å². The first kappa shape index (κ1) is 20.5. The van der Waals surface area contributed by atoms with Crippen molar-refractivity contribution >= 4 is 5.91 Å². The number of likely N-dealkylation sites (tertiary alicyclic amines) is 2. The van der Waals surface area contributed by atoms with E-state index in [-0.39, 0.29) is 5.91 Å². The molecule has 7 heteroatoms. The lowest BCUT2D eigenvalue weighted by atomic mass is 9.71. The molecule has 2 aromatic heterocycles. The number of piperidine rings is 1. The van der Waals surface area contributed by atoms with Crippen molar-refractivity contribution in [1.82, 2.24) is 30.0 Å². The summed E-state index contributed by atoms with van der Waals surface area (Å²) in [6.07, 6.45) is 8.57. The van der Waals surface area contributed by atoms with E-state index in [9.17, 15) is 4.79 Å². The number of carbonyl (C=O) groups is 1. The number of hydrogen-bond acceptors (Lipinski definition) is 5. The molecular weight excluding hydrogens is 412 g/mol. The van der Waals surface area contributed by atoms with Gasteiger partial charge in [-0.1, -0.05) is 12.1 Å². The lowest BCUT2D eigenvalue weighted by Gasteiger charge is -2.56.